The van der Waals surface area contributed by atoms with E-state index in [1.54, 1.807) is 13.3 Å². The summed E-state index contributed by atoms with van der Waals surface area (Å²) < 4.78 is 5.47. The summed E-state index contributed by atoms with van der Waals surface area (Å²) in [5.74, 6) is 0.896. The first-order chi connectivity index (χ1) is 13.3. The molecule has 0 N–H and O–H groups in total. The molecule has 0 bridgehead atoms. The number of anilines is 2. The van der Waals surface area contributed by atoms with Gasteiger partial charge in [-0.2, -0.15) is 0 Å². The molecule has 1 aromatic carbocycles. The van der Waals surface area contributed by atoms with E-state index in [-0.39, 0.29) is 5.91 Å². The highest BCUT2D eigenvalue weighted by atomic mass is 16.5. The van der Waals surface area contributed by atoms with Gasteiger partial charge in [0, 0.05) is 51.2 Å². The van der Waals surface area contributed by atoms with Crippen LogP contribution >= 0.6 is 0 Å². The molecule has 27 heavy (non-hydrogen) atoms. The Kier molecular flexibility index (Phi) is 5.14. The summed E-state index contributed by atoms with van der Waals surface area (Å²) in [6.07, 6.45) is 4.19. The standard InChI is InChI=1S/C21H26N4O2/c1-27-20-7-3-2-6-19(20)24-12-14-25(15-13-24)21(26)18-16-17(8-9-22-18)23-10-4-5-11-23/h2-3,6-9,16H,4-5,10-15H2,1H3. The lowest BCUT2D eigenvalue weighted by Gasteiger charge is -2.36. The number of carbonyl (C=O) groups is 1. The van der Waals surface area contributed by atoms with Gasteiger partial charge in [-0.25, -0.2) is 0 Å². The molecule has 4 rings (SSSR count). The van der Waals surface area contributed by atoms with E-state index in [9.17, 15) is 4.79 Å². The second-order valence-electron chi connectivity index (χ2n) is 7.04. The summed E-state index contributed by atoms with van der Waals surface area (Å²) in [6.45, 7) is 5.08. The van der Waals surface area contributed by atoms with Gasteiger partial charge < -0.3 is 19.4 Å². The number of amides is 1. The summed E-state index contributed by atoms with van der Waals surface area (Å²) >= 11 is 0. The number of carbonyl (C=O) groups excluding carboxylic acids is 1. The second-order valence-corrected chi connectivity index (χ2v) is 7.04. The van der Waals surface area contributed by atoms with Crippen LogP contribution in [0.15, 0.2) is 42.6 Å². The van der Waals surface area contributed by atoms with Crippen LogP contribution in [-0.2, 0) is 0 Å². The molecule has 2 aliphatic heterocycles. The maximum Gasteiger partial charge on any atom is 0.272 e. The van der Waals surface area contributed by atoms with Gasteiger partial charge in [0.05, 0.1) is 12.8 Å². The van der Waals surface area contributed by atoms with Crippen molar-refractivity contribution in [1.82, 2.24) is 9.88 Å². The zero-order valence-electron chi connectivity index (χ0n) is 15.8. The van der Waals surface area contributed by atoms with Crippen LogP contribution in [0.3, 0.4) is 0 Å². The monoisotopic (exact) mass is 366 g/mol. The Morgan fingerprint density at radius 3 is 2.44 bits per heavy atom. The zero-order chi connectivity index (χ0) is 18.6. The Morgan fingerprint density at radius 2 is 1.70 bits per heavy atom. The van der Waals surface area contributed by atoms with Crippen molar-refractivity contribution < 1.29 is 9.53 Å². The number of ether oxygens (including phenoxy) is 1. The Bertz CT molecular complexity index is 796. The van der Waals surface area contributed by atoms with Crippen LogP contribution in [0.5, 0.6) is 5.75 Å². The van der Waals surface area contributed by atoms with E-state index in [1.807, 2.05) is 35.2 Å². The smallest absolute Gasteiger partial charge is 0.272 e. The minimum Gasteiger partial charge on any atom is -0.495 e. The number of benzene rings is 1. The van der Waals surface area contributed by atoms with E-state index in [0.29, 0.717) is 18.8 Å². The Hall–Kier alpha value is -2.76. The molecule has 6 nitrogen and oxygen atoms in total. The van der Waals surface area contributed by atoms with Gasteiger partial charge >= 0.3 is 0 Å². The summed E-state index contributed by atoms with van der Waals surface area (Å²) in [5.41, 5.74) is 2.74. The molecule has 142 valence electrons. The van der Waals surface area contributed by atoms with Crippen molar-refractivity contribution in [2.75, 3.05) is 56.2 Å². The molecule has 6 heteroatoms. The maximum atomic E-state index is 12.9. The van der Waals surface area contributed by atoms with Gasteiger partial charge in [0.1, 0.15) is 11.4 Å². The van der Waals surface area contributed by atoms with Gasteiger partial charge in [0.25, 0.3) is 5.91 Å². The quantitative estimate of drug-likeness (QED) is 0.833. The molecule has 0 radical (unpaired) electrons. The summed E-state index contributed by atoms with van der Waals surface area (Å²) in [5, 5.41) is 0. The van der Waals surface area contributed by atoms with E-state index in [2.05, 4.69) is 20.9 Å². The topological polar surface area (TPSA) is 48.9 Å². The molecular weight excluding hydrogens is 340 g/mol. The van der Waals surface area contributed by atoms with E-state index in [4.69, 9.17) is 4.74 Å². The van der Waals surface area contributed by atoms with Crippen LogP contribution in [-0.4, -0.2) is 62.2 Å². The summed E-state index contributed by atoms with van der Waals surface area (Å²) in [7, 11) is 1.69. The average molecular weight is 366 g/mol. The predicted octanol–water partition coefficient (Wildman–Crippen LogP) is 2.65. The first kappa shape index (κ1) is 17.6. The highest BCUT2D eigenvalue weighted by Gasteiger charge is 2.25. The first-order valence-electron chi connectivity index (χ1n) is 9.64. The van der Waals surface area contributed by atoms with Gasteiger partial charge in [0.15, 0.2) is 0 Å². The van der Waals surface area contributed by atoms with Crippen LogP contribution in [0.2, 0.25) is 0 Å². The highest BCUT2D eigenvalue weighted by molar-refractivity contribution is 5.93. The van der Waals surface area contributed by atoms with Crippen LogP contribution in [0.25, 0.3) is 0 Å². The molecule has 3 heterocycles. The minimum atomic E-state index is 0.0238. The van der Waals surface area contributed by atoms with Gasteiger partial charge in [-0.3, -0.25) is 9.78 Å². The van der Waals surface area contributed by atoms with Gasteiger partial charge in [-0.1, -0.05) is 12.1 Å². The Morgan fingerprint density at radius 1 is 0.963 bits per heavy atom. The molecule has 0 aliphatic carbocycles. The van der Waals surface area contributed by atoms with Gasteiger partial charge in [0.2, 0.25) is 0 Å². The van der Waals surface area contributed by atoms with E-state index in [0.717, 1.165) is 43.3 Å². The number of aromatic nitrogens is 1. The number of pyridine rings is 1. The summed E-state index contributed by atoms with van der Waals surface area (Å²) in [6, 6.07) is 12.0. The third-order valence-corrected chi connectivity index (χ3v) is 5.43. The minimum absolute atomic E-state index is 0.0238. The molecule has 0 atom stereocenters. The van der Waals surface area contributed by atoms with Crippen molar-refractivity contribution in [3.63, 3.8) is 0 Å². The van der Waals surface area contributed by atoms with E-state index < -0.39 is 0 Å². The predicted molar refractivity (Wildman–Crippen MR) is 107 cm³/mol. The number of hydrogen-bond donors (Lipinski definition) is 0. The molecule has 2 aliphatic rings. The lowest BCUT2D eigenvalue weighted by atomic mass is 10.2. The fourth-order valence-corrected chi connectivity index (χ4v) is 3.91. The fourth-order valence-electron chi connectivity index (χ4n) is 3.91. The van der Waals surface area contributed by atoms with Crippen molar-refractivity contribution in [2.24, 2.45) is 0 Å². The third kappa shape index (κ3) is 3.70. The average Bonchev–Trinajstić information content (AvgIpc) is 3.28. The Balaban J connectivity index is 1.42. The lowest BCUT2D eigenvalue weighted by Crippen LogP contribution is -2.49. The Labute approximate surface area is 160 Å². The second kappa shape index (κ2) is 7.86. The molecule has 1 aromatic heterocycles. The van der Waals surface area contributed by atoms with Crippen molar-refractivity contribution in [1.29, 1.82) is 0 Å². The number of hydrogen-bond acceptors (Lipinski definition) is 5. The number of methoxy groups -OCH3 is 1. The summed E-state index contributed by atoms with van der Waals surface area (Å²) in [4.78, 5) is 23.8. The maximum absolute atomic E-state index is 12.9. The van der Waals surface area contributed by atoms with Crippen molar-refractivity contribution in [2.45, 2.75) is 12.8 Å². The van der Waals surface area contributed by atoms with Crippen LogP contribution in [0.4, 0.5) is 11.4 Å². The molecule has 0 saturated carbocycles. The third-order valence-electron chi connectivity index (χ3n) is 5.43. The van der Waals surface area contributed by atoms with Gasteiger partial charge in [-0.15, -0.1) is 0 Å². The molecular formula is C21H26N4O2. The lowest BCUT2D eigenvalue weighted by molar-refractivity contribution is 0.0741. The zero-order valence-corrected chi connectivity index (χ0v) is 15.8. The van der Waals surface area contributed by atoms with E-state index in [1.165, 1.54) is 12.8 Å². The van der Waals surface area contributed by atoms with Crippen LogP contribution in [0, 0.1) is 0 Å². The van der Waals surface area contributed by atoms with Crippen molar-refractivity contribution in [3.8, 4) is 5.75 Å². The molecule has 2 saturated heterocycles. The van der Waals surface area contributed by atoms with Crippen molar-refractivity contribution >= 4 is 17.3 Å². The molecule has 2 fully saturated rings. The molecule has 0 spiro atoms. The van der Waals surface area contributed by atoms with Crippen molar-refractivity contribution in [3.05, 3.63) is 48.3 Å². The largest absolute Gasteiger partial charge is 0.495 e. The van der Waals surface area contributed by atoms with Crippen LogP contribution < -0.4 is 14.5 Å². The molecule has 1 amide bonds. The number of piperazine rings is 1. The first-order valence-corrected chi connectivity index (χ1v) is 9.64. The van der Waals surface area contributed by atoms with Crippen LogP contribution in [0.1, 0.15) is 23.3 Å². The number of rotatable bonds is 4. The normalized spacial score (nSPS) is 17.3. The number of para-hydroxylation sites is 2. The number of nitrogens with zero attached hydrogens (tertiary/aromatic N) is 4. The van der Waals surface area contributed by atoms with Gasteiger partial charge in [-0.05, 0) is 37.1 Å². The highest BCUT2D eigenvalue weighted by Crippen LogP contribution is 2.28. The molecule has 0 unspecified atom stereocenters. The SMILES string of the molecule is COc1ccccc1N1CCN(C(=O)c2cc(N3CCCC3)ccn2)CC1. The fraction of sp³-hybridized carbons (Fsp3) is 0.429. The van der Waals surface area contributed by atoms with E-state index >= 15 is 0 Å². The molecule has 2 aromatic rings.